The number of benzene rings is 1. The maximum Gasteiger partial charge on any atom is 0.328 e. The molecule has 0 bridgehead atoms. The minimum atomic E-state index is -4.81. The number of rotatable bonds is 2. The van der Waals surface area contributed by atoms with Crippen LogP contribution in [0.3, 0.4) is 0 Å². The average molecular weight is 390 g/mol. The van der Waals surface area contributed by atoms with Gasteiger partial charge in [-0.2, -0.15) is 8.42 Å². The number of carbonyl (C=O) groups excluding carboxylic acids is 2. The van der Waals surface area contributed by atoms with Gasteiger partial charge < -0.3 is 9.52 Å². The average Bonchev–Trinajstić information content (AvgIpc) is 2.98. The zero-order valence-electron chi connectivity index (χ0n) is 14.8. The molecule has 142 valence electrons. The van der Waals surface area contributed by atoms with E-state index in [1.807, 2.05) is 6.07 Å². The second-order valence-electron chi connectivity index (χ2n) is 7.62. The maximum atomic E-state index is 12.9. The van der Waals surface area contributed by atoms with Crippen LogP contribution in [0.2, 0.25) is 0 Å². The Morgan fingerprint density at radius 1 is 1.15 bits per heavy atom. The van der Waals surface area contributed by atoms with Gasteiger partial charge in [0, 0.05) is 16.7 Å². The van der Waals surface area contributed by atoms with Crippen molar-refractivity contribution in [1.82, 2.24) is 0 Å². The molecule has 0 amide bonds. The first-order valence-corrected chi connectivity index (χ1v) is 10.0. The number of ketones is 2. The molecular formula is C19H18O7S. The summed E-state index contributed by atoms with van der Waals surface area (Å²) >= 11 is 0. The quantitative estimate of drug-likeness (QED) is 0.597. The van der Waals surface area contributed by atoms with E-state index in [1.165, 1.54) is 0 Å². The van der Waals surface area contributed by atoms with Crippen LogP contribution >= 0.6 is 0 Å². The molecule has 27 heavy (non-hydrogen) atoms. The van der Waals surface area contributed by atoms with Crippen LogP contribution in [0, 0.1) is 0 Å². The summed E-state index contributed by atoms with van der Waals surface area (Å²) in [7, 11) is -4.81. The van der Waals surface area contributed by atoms with Gasteiger partial charge in [-0.25, -0.2) is 0 Å². The highest BCUT2D eigenvalue weighted by molar-refractivity contribution is 7.85. The molecule has 2 aliphatic carbocycles. The summed E-state index contributed by atoms with van der Waals surface area (Å²) in [4.78, 5) is 25.7. The lowest BCUT2D eigenvalue weighted by atomic mass is 9.69. The van der Waals surface area contributed by atoms with Gasteiger partial charge in [-0.15, -0.1) is 0 Å². The first-order valence-electron chi connectivity index (χ1n) is 8.57. The fourth-order valence-corrected chi connectivity index (χ4v) is 4.95. The van der Waals surface area contributed by atoms with Crippen LogP contribution in [0.1, 0.15) is 64.1 Å². The van der Waals surface area contributed by atoms with Gasteiger partial charge in [0.25, 0.3) is 5.09 Å². The van der Waals surface area contributed by atoms with Gasteiger partial charge in [0.15, 0.2) is 0 Å². The molecule has 0 aliphatic heterocycles. The Labute approximate surface area is 155 Å². The lowest BCUT2D eigenvalue weighted by Crippen LogP contribution is -2.29. The van der Waals surface area contributed by atoms with Gasteiger partial charge >= 0.3 is 10.1 Å². The van der Waals surface area contributed by atoms with Crippen molar-refractivity contribution >= 4 is 21.7 Å². The van der Waals surface area contributed by atoms with Crippen LogP contribution in [0.5, 0.6) is 0 Å². The topological polar surface area (TPSA) is 122 Å². The van der Waals surface area contributed by atoms with Crippen molar-refractivity contribution in [2.24, 2.45) is 0 Å². The molecule has 8 heteroatoms. The lowest BCUT2D eigenvalue weighted by Gasteiger charge is -2.34. The summed E-state index contributed by atoms with van der Waals surface area (Å²) in [5.41, 5.74) is 1.48. The number of furan rings is 1. The van der Waals surface area contributed by atoms with Crippen LogP contribution in [0.25, 0.3) is 11.3 Å². The zero-order chi connectivity index (χ0) is 19.7. The predicted octanol–water partition coefficient (Wildman–Crippen LogP) is 2.68. The molecule has 0 radical (unpaired) electrons. The molecule has 1 aromatic carbocycles. The Morgan fingerprint density at radius 2 is 1.81 bits per heavy atom. The van der Waals surface area contributed by atoms with Crippen LogP contribution in [-0.4, -0.2) is 29.6 Å². The Balaban J connectivity index is 2.09. The second kappa shape index (κ2) is 5.60. The van der Waals surface area contributed by atoms with Gasteiger partial charge in [-0.1, -0.05) is 26.0 Å². The van der Waals surface area contributed by atoms with Crippen LogP contribution in [0.15, 0.2) is 21.6 Å². The van der Waals surface area contributed by atoms with Gasteiger partial charge in [-0.05, 0) is 35.8 Å². The summed E-state index contributed by atoms with van der Waals surface area (Å²) in [6.07, 6.45) is 2.45. The third-order valence-electron chi connectivity index (χ3n) is 5.54. The second-order valence-corrected chi connectivity index (χ2v) is 8.94. The van der Waals surface area contributed by atoms with Gasteiger partial charge in [0.1, 0.15) is 5.76 Å². The minimum absolute atomic E-state index is 0.0996. The summed E-state index contributed by atoms with van der Waals surface area (Å²) in [6.45, 7) is 3.29. The molecule has 1 aromatic heterocycles. The molecule has 0 atom stereocenters. The highest BCUT2D eigenvalue weighted by Crippen LogP contribution is 2.46. The van der Waals surface area contributed by atoms with Crippen molar-refractivity contribution in [2.75, 3.05) is 0 Å². The molecular weight excluding hydrogens is 372 g/mol. The van der Waals surface area contributed by atoms with Crippen LogP contribution in [-0.2, 0) is 28.6 Å². The standard InChI is InChI=1S/C19H18O7S/c1-19(2)7-3-4-9-12(19)6-5-10-13(9)15(21)16(22)14-11(8-20)18(26-17(10)14)27(23,24)25/h5-6,20H,3-4,7-8H2,1-2H3,(H,23,24,25). The molecule has 0 fully saturated rings. The van der Waals surface area contributed by atoms with Crippen molar-refractivity contribution in [1.29, 1.82) is 0 Å². The molecule has 0 unspecified atom stereocenters. The first-order chi connectivity index (χ1) is 12.6. The number of fused-ring (bicyclic) bond motifs is 5. The number of aliphatic hydroxyl groups excluding tert-OH is 1. The molecule has 2 aromatic rings. The molecule has 1 heterocycles. The van der Waals surface area contributed by atoms with E-state index in [0.717, 1.165) is 24.0 Å². The zero-order valence-corrected chi connectivity index (χ0v) is 15.6. The van der Waals surface area contributed by atoms with Gasteiger partial charge in [-0.3, -0.25) is 14.1 Å². The number of Topliss-reactive ketones (excluding diaryl/α,β-unsaturated/α-hetero) is 2. The van der Waals surface area contributed by atoms with E-state index in [4.69, 9.17) is 4.42 Å². The fraction of sp³-hybridized carbons (Fsp3) is 0.368. The first kappa shape index (κ1) is 18.1. The molecule has 2 N–H and O–H groups in total. The van der Waals surface area contributed by atoms with Crippen molar-refractivity contribution in [2.45, 2.75) is 50.2 Å². The number of hydrogen-bond donors (Lipinski definition) is 2. The lowest BCUT2D eigenvalue weighted by molar-refractivity contribution is 0.0812. The van der Waals surface area contributed by atoms with Crippen molar-refractivity contribution in [3.8, 4) is 11.3 Å². The fourth-order valence-electron chi connectivity index (χ4n) is 4.29. The van der Waals surface area contributed by atoms with Crippen LogP contribution in [0.4, 0.5) is 0 Å². The molecule has 2 aliphatic rings. The summed E-state index contributed by atoms with van der Waals surface area (Å²) < 4.78 is 37.9. The van der Waals surface area contributed by atoms with E-state index in [0.29, 0.717) is 12.0 Å². The Bertz CT molecular complexity index is 1120. The smallest absolute Gasteiger partial charge is 0.328 e. The Morgan fingerprint density at radius 3 is 2.44 bits per heavy atom. The molecule has 0 saturated carbocycles. The largest absolute Gasteiger partial charge is 0.441 e. The SMILES string of the molecule is CC1(C)CCCc2c1ccc1c2C(=O)C(=O)c2c-1oc(S(=O)(=O)O)c2CO. The van der Waals surface area contributed by atoms with Crippen molar-refractivity contribution < 1.29 is 32.1 Å². The molecule has 7 nitrogen and oxygen atoms in total. The predicted molar refractivity (Wildman–Crippen MR) is 94.5 cm³/mol. The minimum Gasteiger partial charge on any atom is -0.441 e. The summed E-state index contributed by atoms with van der Waals surface area (Å²) in [5, 5.41) is 8.64. The van der Waals surface area contributed by atoms with E-state index in [2.05, 4.69) is 13.8 Å². The molecule has 4 rings (SSSR count). The third kappa shape index (κ3) is 2.44. The third-order valence-corrected chi connectivity index (χ3v) is 6.34. The normalized spacial score (nSPS) is 18.1. The van der Waals surface area contributed by atoms with Gasteiger partial charge in [0.2, 0.25) is 11.6 Å². The summed E-state index contributed by atoms with van der Waals surface area (Å²) in [5.74, 6) is -1.78. The highest BCUT2D eigenvalue weighted by Gasteiger charge is 2.42. The van der Waals surface area contributed by atoms with E-state index in [1.54, 1.807) is 6.07 Å². The van der Waals surface area contributed by atoms with Crippen molar-refractivity contribution in [3.63, 3.8) is 0 Å². The Kier molecular flexibility index (Phi) is 3.76. The Hall–Kier alpha value is -2.29. The number of carbonyl (C=O) groups is 2. The maximum absolute atomic E-state index is 12.9. The van der Waals surface area contributed by atoms with Crippen LogP contribution < -0.4 is 0 Å². The number of hydrogen-bond acceptors (Lipinski definition) is 6. The van der Waals surface area contributed by atoms with Crippen molar-refractivity contribution in [3.05, 3.63) is 39.9 Å². The molecule has 0 spiro atoms. The van der Waals surface area contributed by atoms with E-state index < -0.39 is 38.9 Å². The highest BCUT2D eigenvalue weighted by atomic mass is 32.2. The van der Waals surface area contributed by atoms with Gasteiger partial charge in [0.05, 0.1) is 12.2 Å². The monoisotopic (exact) mass is 390 g/mol. The number of aliphatic hydroxyl groups is 1. The van der Waals surface area contributed by atoms with E-state index >= 15 is 0 Å². The molecule has 0 saturated heterocycles. The summed E-state index contributed by atoms with van der Waals surface area (Å²) in [6, 6.07) is 3.51. The van der Waals surface area contributed by atoms with E-state index in [-0.39, 0.29) is 22.3 Å². The van der Waals surface area contributed by atoms with E-state index in [9.17, 15) is 27.7 Å².